The van der Waals surface area contributed by atoms with E-state index in [1.54, 1.807) is 6.92 Å². The Kier molecular flexibility index (Phi) is 5.33. The molecule has 0 radical (unpaired) electrons. The van der Waals surface area contributed by atoms with Crippen LogP contribution in [0.4, 0.5) is 0 Å². The molecule has 24 heavy (non-hydrogen) atoms. The number of carbonyl (C=O) groups is 2. The summed E-state index contributed by atoms with van der Waals surface area (Å²) in [7, 11) is -3.13. The Morgan fingerprint density at radius 2 is 2.04 bits per heavy atom. The van der Waals surface area contributed by atoms with Crippen molar-refractivity contribution < 1.29 is 33.0 Å². The number of nitrogens with zero attached hydrogens (tertiary/aromatic N) is 1. The van der Waals surface area contributed by atoms with Gasteiger partial charge in [-0.2, -0.15) is 0 Å². The molecule has 0 aromatic heterocycles. The lowest BCUT2D eigenvalue weighted by Crippen LogP contribution is -2.43. The first-order chi connectivity index (χ1) is 11.2. The van der Waals surface area contributed by atoms with Crippen LogP contribution in [-0.4, -0.2) is 66.1 Å². The first kappa shape index (κ1) is 18.1. The smallest absolute Gasteiger partial charge is 0.342 e. The summed E-state index contributed by atoms with van der Waals surface area (Å²) < 4.78 is 27.9. The molecule has 9 heteroatoms. The number of likely N-dealkylation sites (N-methyl/N-ethyl adjacent to an activating group) is 1. The molecule has 8 nitrogen and oxygen atoms in total. The Balaban J connectivity index is 1.97. The Hall–Kier alpha value is -2.29. The molecule has 1 aliphatic rings. The van der Waals surface area contributed by atoms with E-state index in [4.69, 9.17) is 4.74 Å². The van der Waals surface area contributed by atoms with Crippen molar-refractivity contribution in [2.45, 2.75) is 19.4 Å². The maximum absolute atomic E-state index is 12.2. The van der Waals surface area contributed by atoms with E-state index in [-0.39, 0.29) is 22.8 Å². The van der Waals surface area contributed by atoms with Crippen molar-refractivity contribution in [1.29, 1.82) is 0 Å². The molecule has 1 aromatic carbocycles. The van der Waals surface area contributed by atoms with Crippen molar-refractivity contribution in [2.75, 3.05) is 24.7 Å². The van der Waals surface area contributed by atoms with Gasteiger partial charge in [-0.25, -0.2) is 13.2 Å². The lowest BCUT2D eigenvalue weighted by atomic mass is 10.2. The van der Waals surface area contributed by atoms with E-state index >= 15 is 0 Å². The predicted octanol–water partition coefficient (Wildman–Crippen LogP) is 0.290. The van der Waals surface area contributed by atoms with Gasteiger partial charge in [0.15, 0.2) is 16.4 Å². The van der Waals surface area contributed by atoms with Gasteiger partial charge in [0.05, 0.1) is 11.5 Å². The van der Waals surface area contributed by atoms with Crippen molar-refractivity contribution in [3.63, 3.8) is 0 Å². The summed E-state index contributed by atoms with van der Waals surface area (Å²) in [6.45, 7) is 1.47. The van der Waals surface area contributed by atoms with Gasteiger partial charge in [-0.3, -0.25) is 4.79 Å². The minimum absolute atomic E-state index is 0.0443. The van der Waals surface area contributed by atoms with Gasteiger partial charge in [-0.05, 0) is 25.5 Å². The van der Waals surface area contributed by atoms with E-state index in [0.717, 1.165) is 6.07 Å². The highest BCUT2D eigenvalue weighted by atomic mass is 32.2. The van der Waals surface area contributed by atoms with Crippen LogP contribution in [0.15, 0.2) is 18.2 Å². The number of benzene rings is 1. The van der Waals surface area contributed by atoms with Crippen LogP contribution in [0.3, 0.4) is 0 Å². The molecule has 1 aromatic rings. The van der Waals surface area contributed by atoms with Gasteiger partial charge in [0, 0.05) is 18.7 Å². The molecule has 2 rings (SSSR count). The number of phenols is 2. The van der Waals surface area contributed by atoms with Crippen molar-refractivity contribution in [3.05, 3.63) is 23.8 Å². The first-order valence-electron chi connectivity index (χ1n) is 7.42. The predicted molar refractivity (Wildman–Crippen MR) is 84.5 cm³/mol. The molecule has 0 unspecified atom stereocenters. The summed E-state index contributed by atoms with van der Waals surface area (Å²) in [5, 5.41) is 18.8. The van der Waals surface area contributed by atoms with Gasteiger partial charge in [-0.15, -0.1) is 0 Å². The number of esters is 1. The number of hydrogen-bond donors (Lipinski definition) is 2. The first-order valence-corrected chi connectivity index (χ1v) is 9.24. The van der Waals surface area contributed by atoms with Crippen LogP contribution in [0.25, 0.3) is 0 Å². The number of amides is 1. The third-order valence-corrected chi connectivity index (χ3v) is 5.59. The Morgan fingerprint density at radius 3 is 2.58 bits per heavy atom. The number of rotatable bonds is 5. The molecular formula is C15H19NO7S. The maximum Gasteiger partial charge on any atom is 0.342 e. The second-order valence-electron chi connectivity index (χ2n) is 5.51. The average Bonchev–Trinajstić information content (AvgIpc) is 2.85. The van der Waals surface area contributed by atoms with Crippen LogP contribution in [0.2, 0.25) is 0 Å². The highest BCUT2D eigenvalue weighted by molar-refractivity contribution is 7.91. The monoisotopic (exact) mass is 357 g/mol. The number of aromatic hydroxyl groups is 2. The van der Waals surface area contributed by atoms with E-state index in [0.29, 0.717) is 13.0 Å². The summed E-state index contributed by atoms with van der Waals surface area (Å²) in [6.07, 6.45) is 0.370. The van der Waals surface area contributed by atoms with Crippen molar-refractivity contribution in [2.24, 2.45) is 0 Å². The van der Waals surface area contributed by atoms with E-state index in [1.807, 2.05) is 0 Å². The largest absolute Gasteiger partial charge is 0.508 e. The zero-order valence-electron chi connectivity index (χ0n) is 13.1. The fourth-order valence-corrected chi connectivity index (χ4v) is 4.37. The summed E-state index contributed by atoms with van der Waals surface area (Å²) >= 11 is 0. The molecule has 0 saturated carbocycles. The molecule has 0 spiro atoms. The Morgan fingerprint density at radius 1 is 1.33 bits per heavy atom. The maximum atomic E-state index is 12.2. The zero-order chi connectivity index (χ0) is 17.9. The number of hydrogen-bond acceptors (Lipinski definition) is 7. The molecule has 1 aliphatic heterocycles. The van der Waals surface area contributed by atoms with E-state index in [9.17, 15) is 28.2 Å². The third kappa shape index (κ3) is 4.16. The van der Waals surface area contributed by atoms with Gasteiger partial charge < -0.3 is 19.8 Å². The SMILES string of the molecule is CCN(C(=O)COC(=O)c1ccc(O)cc1O)[C@@H]1CCS(=O)(=O)C1. The topological polar surface area (TPSA) is 121 Å². The number of ether oxygens (including phenoxy) is 1. The van der Waals surface area contributed by atoms with Gasteiger partial charge in [0.2, 0.25) is 0 Å². The van der Waals surface area contributed by atoms with E-state index < -0.39 is 40.1 Å². The number of sulfone groups is 1. The van der Waals surface area contributed by atoms with Crippen LogP contribution in [0, 0.1) is 0 Å². The van der Waals surface area contributed by atoms with Crippen LogP contribution < -0.4 is 0 Å². The quantitative estimate of drug-likeness (QED) is 0.726. The molecule has 132 valence electrons. The van der Waals surface area contributed by atoms with E-state index in [2.05, 4.69) is 0 Å². The minimum Gasteiger partial charge on any atom is -0.508 e. The lowest BCUT2D eigenvalue weighted by Gasteiger charge is -2.26. The van der Waals surface area contributed by atoms with Crippen LogP contribution in [0.5, 0.6) is 11.5 Å². The molecule has 1 atom stereocenters. The third-order valence-electron chi connectivity index (χ3n) is 3.84. The number of carbonyl (C=O) groups excluding carboxylic acids is 2. The van der Waals surface area contributed by atoms with Gasteiger partial charge in [0.1, 0.15) is 17.1 Å². The molecule has 0 aliphatic carbocycles. The van der Waals surface area contributed by atoms with Gasteiger partial charge >= 0.3 is 5.97 Å². The van der Waals surface area contributed by atoms with Crippen LogP contribution >= 0.6 is 0 Å². The Bertz CT molecular complexity index is 744. The van der Waals surface area contributed by atoms with E-state index in [1.165, 1.54) is 17.0 Å². The fraction of sp³-hybridized carbons (Fsp3) is 0.467. The second-order valence-corrected chi connectivity index (χ2v) is 7.74. The second kappa shape index (κ2) is 7.08. The standard InChI is InChI=1S/C15H19NO7S/c1-2-16(10-5-6-24(21,22)9-10)14(19)8-23-15(20)12-4-3-11(17)7-13(12)18/h3-4,7,10,17-18H,2,5-6,8-9H2,1H3/t10-/m1/s1. The van der Waals surface area contributed by atoms with Crippen LogP contribution in [0.1, 0.15) is 23.7 Å². The molecular weight excluding hydrogens is 338 g/mol. The molecule has 1 heterocycles. The molecule has 0 bridgehead atoms. The molecule has 2 N–H and O–H groups in total. The molecule has 1 fully saturated rings. The fourth-order valence-electron chi connectivity index (χ4n) is 2.64. The van der Waals surface area contributed by atoms with Crippen LogP contribution in [-0.2, 0) is 19.4 Å². The normalized spacial score (nSPS) is 19.0. The minimum atomic E-state index is -3.13. The Labute approximate surface area is 139 Å². The average molecular weight is 357 g/mol. The van der Waals surface area contributed by atoms with Gasteiger partial charge in [0.25, 0.3) is 5.91 Å². The number of phenolic OH excluding ortho intramolecular Hbond substituents is 2. The summed E-state index contributed by atoms with van der Waals surface area (Å²) in [5.41, 5.74) is -0.174. The lowest BCUT2D eigenvalue weighted by molar-refractivity contribution is -0.136. The summed E-state index contributed by atoms with van der Waals surface area (Å²) in [6, 6.07) is 2.96. The van der Waals surface area contributed by atoms with Crippen molar-refractivity contribution >= 4 is 21.7 Å². The van der Waals surface area contributed by atoms with Crippen molar-refractivity contribution in [3.8, 4) is 11.5 Å². The molecule has 1 amide bonds. The van der Waals surface area contributed by atoms with Gasteiger partial charge in [-0.1, -0.05) is 0 Å². The highest BCUT2D eigenvalue weighted by Gasteiger charge is 2.34. The zero-order valence-corrected chi connectivity index (χ0v) is 14.0. The highest BCUT2D eigenvalue weighted by Crippen LogP contribution is 2.23. The summed E-state index contributed by atoms with van der Waals surface area (Å²) in [4.78, 5) is 25.5. The summed E-state index contributed by atoms with van der Waals surface area (Å²) in [5.74, 6) is -2.11. The van der Waals surface area contributed by atoms with Crippen molar-refractivity contribution in [1.82, 2.24) is 4.90 Å². The molecule has 1 saturated heterocycles.